The first-order valence-corrected chi connectivity index (χ1v) is 10.7. The first kappa shape index (κ1) is 20.9. The van der Waals surface area contributed by atoms with E-state index in [1.54, 1.807) is 37.9 Å². The van der Waals surface area contributed by atoms with Crippen LogP contribution in [0, 0.1) is 0 Å². The predicted octanol–water partition coefficient (Wildman–Crippen LogP) is 3.58. The minimum atomic E-state index is -0.738. The van der Waals surface area contributed by atoms with Crippen LogP contribution >= 0.6 is 11.5 Å². The molecule has 1 aliphatic heterocycles. The molecule has 4 rings (SSSR count). The summed E-state index contributed by atoms with van der Waals surface area (Å²) >= 11 is 1.30. The molecule has 2 aromatic heterocycles. The predicted molar refractivity (Wildman–Crippen MR) is 118 cm³/mol. The summed E-state index contributed by atoms with van der Waals surface area (Å²) in [5, 5.41) is 8.67. The van der Waals surface area contributed by atoms with Crippen LogP contribution in [0.1, 0.15) is 32.0 Å². The average Bonchev–Trinajstić information content (AvgIpc) is 3.25. The topological polar surface area (TPSA) is 97.3 Å². The van der Waals surface area contributed by atoms with Gasteiger partial charge in [-0.25, -0.2) is 4.79 Å². The molecule has 9 heteroatoms. The maximum Gasteiger partial charge on any atom is 0.408 e. The largest absolute Gasteiger partial charge is 0.444 e. The second kappa shape index (κ2) is 8.43. The number of alkyl carbamates (subject to hydrolysis) is 1. The van der Waals surface area contributed by atoms with E-state index in [2.05, 4.69) is 19.9 Å². The Morgan fingerprint density at radius 2 is 2.03 bits per heavy atom. The van der Waals surface area contributed by atoms with Crippen molar-refractivity contribution in [1.29, 1.82) is 0 Å². The highest BCUT2D eigenvalue weighted by Gasteiger charge is 2.35. The molecule has 0 radical (unpaired) electrons. The summed E-state index contributed by atoms with van der Waals surface area (Å²) in [5.74, 6) is -0.195. The molecule has 1 N–H and O–H groups in total. The molecule has 0 aliphatic carbocycles. The van der Waals surface area contributed by atoms with Gasteiger partial charge in [-0.2, -0.15) is 0 Å². The van der Waals surface area contributed by atoms with Crippen molar-refractivity contribution in [2.24, 2.45) is 0 Å². The Labute approximate surface area is 184 Å². The minimum Gasteiger partial charge on any atom is -0.444 e. The number of carbonyl (C=O) groups is 2. The average molecular weight is 438 g/mol. The first-order chi connectivity index (χ1) is 14.8. The minimum absolute atomic E-state index is 0.195. The number of pyridine rings is 1. The van der Waals surface area contributed by atoms with Crippen molar-refractivity contribution < 1.29 is 14.3 Å². The molecule has 0 saturated carbocycles. The summed E-state index contributed by atoms with van der Waals surface area (Å²) in [6.07, 6.45) is 1.39. The quantitative estimate of drug-likeness (QED) is 0.670. The zero-order valence-electron chi connectivity index (χ0n) is 17.5. The number of nitrogens with one attached hydrogen (secondary N) is 1. The normalized spacial score (nSPS) is 16.0. The molecule has 0 bridgehead atoms. The Morgan fingerprint density at radius 1 is 1.26 bits per heavy atom. The maximum atomic E-state index is 13.3. The van der Waals surface area contributed by atoms with E-state index < -0.39 is 17.7 Å². The van der Waals surface area contributed by atoms with Gasteiger partial charge in [0.05, 0.1) is 17.9 Å². The monoisotopic (exact) mass is 437 g/mol. The Bertz CT molecular complexity index is 1080. The van der Waals surface area contributed by atoms with Crippen LogP contribution in [-0.2, 0) is 22.5 Å². The number of hydrogen-bond donors (Lipinski definition) is 1. The van der Waals surface area contributed by atoms with Crippen molar-refractivity contribution in [2.45, 2.75) is 45.4 Å². The van der Waals surface area contributed by atoms with Gasteiger partial charge < -0.3 is 15.0 Å². The van der Waals surface area contributed by atoms with Gasteiger partial charge in [-0.1, -0.05) is 28.8 Å². The molecule has 31 heavy (non-hydrogen) atoms. The van der Waals surface area contributed by atoms with E-state index in [0.717, 1.165) is 28.2 Å². The van der Waals surface area contributed by atoms with E-state index in [0.29, 0.717) is 13.0 Å². The third-order valence-corrected chi connectivity index (χ3v) is 5.26. The molecule has 1 aromatic carbocycles. The Kier molecular flexibility index (Phi) is 5.69. The van der Waals surface area contributed by atoms with Crippen LogP contribution < -0.4 is 10.2 Å². The number of aromatic nitrogens is 3. The SMILES string of the molecule is CC(C)(C)OC(=O)NC1Cc2ncccc2N(Cc2ccc(-c3csnn3)cc2)C1=O. The number of nitrogens with zero attached hydrogens (tertiary/aromatic N) is 4. The van der Waals surface area contributed by atoms with Gasteiger partial charge in [0.2, 0.25) is 5.91 Å². The zero-order valence-corrected chi connectivity index (χ0v) is 18.3. The zero-order chi connectivity index (χ0) is 22.0. The summed E-state index contributed by atoms with van der Waals surface area (Å²) in [6.45, 7) is 5.71. The summed E-state index contributed by atoms with van der Waals surface area (Å²) in [4.78, 5) is 31.6. The molecule has 1 aliphatic rings. The van der Waals surface area contributed by atoms with Crippen LogP contribution in [0.15, 0.2) is 48.0 Å². The number of carbonyl (C=O) groups excluding carboxylic acids is 2. The fourth-order valence-electron chi connectivity index (χ4n) is 3.40. The summed E-state index contributed by atoms with van der Waals surface area (Å²) in [6, 6.07) is 10.8. The molecule has 0 fully saturated rings. The fourth-order valence-corrected chi connectivity index (χ4v) is 3.86. The van der Waals surface area contributed by atoms with E-state index in [9.17, 15) is 9.59 Å². The third kappa shape index (κ3) is 4.88. The Hall–Kier alpha value is -3.33. The summed E-state index contributed by atoms with van der Waals surface area (Å²) in [7, 11) is 0. The second-order valence-corrected chi connectivity index (χ2v) is 8.89. The molecule has 8 nitrogen and oxygen atoms in total. The number of ether oxygens (including phenoxy) is 1. The van der Waals surface area contributed by atoms with Gasteiger partial charge in [-0.05, 0) is 50.0 Å². The molecule has 1 unspecified atom stereocenters. The maximum absolute atomic E-state index is 13.3. The van der Waals surface area contributed by atoms with Crippen LogP contribution in [0.2, 0.25) is 0 Å². The lowest BCUT2D eigenvalue weighted by Gasteiger charge is -2.34. The number of hydrogen-bond acceptors (Lipinski definition) is 7. The van der Waals surface area contributed by atoms with E-state index in [1.165, 1.54) is 11.5 Å². The number of benzene rings is 1. The molecule has 160 valence electrons. The van der Waals surface area contributed by atoms with Crippen molar-refractivity contribution in [3.05, 3.63) is 59.2 Å². The molecular formula is C22H23N5O3S. The van der Waals surface area contributed by atoms with Gasteiger partial charge in [-0.3, -0.25) is 9.78 Å². The lowest BCUT2D eigenvalue weighted by molar-refractivity contribution is -0.121. The van der Waals surface area contributed by atoms with E-state index in [-0.39, 0.29) is 5.91 Å². The highest BCUT2D eigenvalue weighted by atomic mass is 32.1. The van der Waals surface area contributed by atoms with Gasteiger partial charge in [0, 0.05) is 23.6 Å². The fraction of sp³-hybridized carbons (Fsp3) is 0.318. The van der Waals surface area contributed by atoms with E-state index in [1.807, 2.05) is 35.7 Å². The van der Waals surface area contributed by atoms with Crippen molar-refractivity contribution in [1.82, 2.24) is 19.9 Å². The summed E-state index contributed by atoms with van der Waals surface area (Å²) < 4.78 is 9.22. The van der Waals surface area contributed by atoms with Crippen molar-refractivity contribution >= 4 is 29.2 Å². The van der Waals surface area contributed by atoms with Crippen molar-refractivity contribution in [2.75, 3.05) is 4.90 Å². The summed E-state index contributed by atoms with van der Waals surface area (Å²) in [5.41, 5.74) is 3.60. The third-order valence-electron chi connectivity index (χ3n) is 4.76. The number of fused-ring (bicyclic) bond motifs is 1. The number of rotatable bonds is 4. The Balaban J connectivity index is 1.55. The molecule has 3 heterocycles. The highest BCUT2D eigenvalue weighted by molar-refractivity contribution is 7.03. The number of amides is 2. The molecule has 1 atom stereocenters. The highest BCUT2D eigenvalue weighted by Crippen LogP contribution is 2.28. The smallest absolute Gasteiger partial charge is 0.408 e. The lowest BCUT2D eigenvalue weighted by Crippen LogP contribution is -2.53. The van der Waals surface area contributed by atoms with Crippen LogP contribution in [-0.4, -0.2) is 38.2 Å². The van der Waals surface area contributed by atoms with Gasteiger partial charge in [0.25, 0.3) is 0 Å². The lowest BCUT2D eigenvalue weighted by atomic mass is 10.0. The van der Waals surface area contributed by atoms with E-state index in [4.69, 9.17) is 4.74 Å². The molecule has 0 saturated heterocycles. The molecule has 0 spiro atoms. The standard InChI is InChI=1S/C22H23N5O3S/c1-22(2,3)30-21(29)24-17-11-16-19(5-4-10-23-16)27(20(17)28)12-14-6-8-15(9-7-14)18-13-31-26-25-18/h4-10,13,17H,11-12H2,1-3H3,(H,24,29). The molecule has 3 aromatic rings. The molecule has 2 amide bonds. The van der Waals surface area contributed by atoms with Crippen molar-refractivity contribution in [3.8, 4) is 11.3 Å². The van der Waals surface area contributed by atoms with Crippen LogP contribution in [0.3, 0.4) is 0 Å². The van der Waals surface area contributed by atoms with Crippen LogP contribution in [0.4, 0.5) is 10.5 Å². The van der Waals surface area contributed by atoms with Gasteiger partial charge in [0.1, 0.15) is 17.3 Å². The van der Waals surface area contributed by atoms with Gasteiger partial charge in [-0.15, -0.1) is 5.10 Å². The van der Waals surface area contributed by atoms with Crippen LogP contribution in [0.25, 0.3) is 11.3 Å². The van der Waals surface area contributed by atoms with Crippen molar-refractivity contribution in [3.63, 3.8) is 0 Å². The van der Waals surface area contributed by atoms with Gasteiger partial charge in [0.15, 0.2) is 0 Å². The van der Waals surface area contributed by atoms with E-state index >= 15 is 0 Å². The first-order valence-electron chi connectivity index (χ1n) is 9.91. The van der Waals surface area contributed by atoms with Crippen LogP contribution in [0.5, 0.6) is 0 Å². The second-order valence-electron chi connectivity index (χ2n) is 8.28. The molecular weight excluding hydrogens is 414 g/mol. The Morgan fingerprint density at radius 3 is 2.71 bits per heavy atom. The number of anilines is 1. The van der Waals surface area contributed by atoms with Gasteiger partial charge >= 0.3 is 6.09 Å².